The van der Waals surface area contributed by atoms with Gasteiger partial charge in [-0.3, -0.25) is 0 Å². The number of aromatic nitrogens is 1. The van der Waals surface area contributed by atoms with Gasteiger partial charge in [-0.05, 0) is 24.3 Å². The van der Waals surface area contributed by atoms with Crippen LogP contribution in [0.2, 0.25) is 5.02 Å². The lowest BCUT2D eigenvalue weighted by Crippen LogP contribution is -1.92. The molecule has 17 heavy (non-hydrogen) atoms. The van der Waals surface area contributed by atoms with Gasteiger partial charge in [0.15, 0.2) is 0 Å². The van der Waals surface area contributed by atoms with E-state index < -0.39 is 0 Å². The van der Waals surface area contributed by atoms with Crippen LogP contribution in [-0.2, 0) is 6.61 Å². The van der Waals surface area contributed by atoms with Gasteiger partial charge in [-0.15, -0.1) is 0 Å². The van der Waals surface area contributed by atoms with Gasteiger partial charge in [-0.1, -0.05) is 27.5 Å². The smallest absolute Gasteiger partial charge is 0.219 e. The number of aliphatic hydroxyl groups is 1. The summed E-state index contributed by atoms with van der Waals surface area (Å²) >= 11 is 9.18. The molecular formula is C12H9BrClNO2. The van der Waals surface area contributed by atoms with Crippen molar-refractivity contribution in [3.63, 3.8) is 0 Å². The fourth-order valence-electron chi connectivity index (χ4n) is 1.26. The van der Waals surface area contributed by atoms with Crippen molar-refractivity contribution in [3.8, 4) is 11.6 Å². The van der Waals surface area contributed by atoms with Gasteiger partial charge in [0, 0.05) is 22.3 Å². The summed E-state index contributed by atoms with van der Waals surface area (Å²) in [6.07, 6.45) is 1.46. The maximum absolute atomic E-state index is 9.07. The van der Waals surface area contributed by atoms with E-state index in [0.717, 1.165) is 4.47 Å². The maximum Gasteiger partial charge on any atom is 0.219 e. The van der Waals surface area contributed by atoms with Crippen molar-refractivity contribution in [2.45, 2.75) is 6.61 Å². The topological polar surface area (TPSA) is 42.4 Å². The van der Waals surface area contributed by atoms with Crippen LogP contribution in [0.4, 0.5) is 0 Å². The van der Waals surface area contributed by atoms with Crippen LogP contribution >= 0.6 is 27.5 Å². The monoisotopic (exact) mass is 313 g/mol. The number of benzene rings is 1. The minimum atomic E-state index is -0.141. The normalized spacial score (nSPS) is 10.3. The highest BCUT2D eigenvalue weighted by Crippen LogP contribution is 2.24. The maximum atomic E-state index is 9.07. The molecule has 0 aliphatic carbocycles. The molecular weight excluding hydrogens is 305 g/mol. The highest BCUT2D eigenvalue weighted by molar-refractivity contribution is 9.10. The summed E-state index contributed by atoms with van der Waals surface area (Å²) in [5, 5.41) is 9.50. The van der Waals surface area contributed by atoms with Crippen LogP contribution < -0.4 is 4.74 Å². The largest absolute Gasteiger partial charge is 0.439 e. The van der Waals surface area contributed by atoms with Gasteiger partial charge in [-0.2, -0.15) is 0 Å². The van der Waals surface area contributed by atoms with Crippen LogP contribution in [0.25, 0.3) is 0 Å². The van der Waals surface area contributed by atoms with Crippen molar-refractivity contribution in [2.24, 2.45) is 0 Å². The second-order valence-electron chi connectivity index (χ2n) is 3.33. The molecule has 3 nitrogen and oxygen atoms in total. The Morgan fingerprint density at radius 3 is 2.65 bits per heavy atom. The molecule has 0 amide bonds. The van der Waals surface area contributed by atoms with E-state index >= 15 is 0 Å². The first-order chi connectivity index (χ1) is 8.19. The molecule has 0 aliphatic rings. The lowest BCUT2D eigenvalue weighted by Gasteiger charge is -2.06. The molecule has 2 rings (SSSR count). The minimum absolute atomic E-state index is 0.141. The summed E-state index contributed by atoms with van der Waals surface area (Å²) in [5.41, 5.74) is 0.591. The van der Waals surface area contributed by atoms with Crippen LogP contribution in [0, 0.1) is 0 Å². The molecule has 0 aliphatic heterocycles. The van der Waals surface area contributed by atoms with E-state index in [1.165, 1.54) is 6.20 Å². The van der Waals surface area contributed by atoms with E-state index in [0.29, 0.717) is 22.2 Å². The predicted molar refractivity (Wildman–Crippen MR) is 69.4 cm³/mol. The number of ether oxygens (including phenoxy) is 1. The highest BCUT2D eigenvalue weighted by atomic mass is 79.9. The molecule has 0 saturated heterocycles. The fraction of sp³-hybridized carbons (Fsp3) is 0.0833. The summed E-state index contributed by atoms with van der Waals surface area (Å²) in [7, 11) is 0. The molecule has 0 radical (unpaired) electrons. The third-order valence-corrected chi connectivity index (χ3v) is 2.99. The molecule has 0 fully saturated rings. The molecule has 0 saturated carbocycles. The Kier molecular flexibility index (Phi) is 3.99. The molecule has 0 atom stereocenters. The molecule has 2 aromatic rings. The zero-order chi connectivity index (χ0) is 12.3. The van der Waals surface area contributed by atoms with Gasteiger partial charge < -0.3 is 9.84 Å². The number of nitrogens with zero attached hydrogens (tertiary/aromatic N) is 1. The van der Waals surface area contributed by atoms with Crippen LogP contribution in [0.3, 0.4) is 0 Å². The van der Waals surface area contributed by atoms with Gasteiger partial charge in [0.1, 0.15) is 5.75 Å². The minimum Gasteiger partial charge on any atom is -0.439 e. The summed E-state index contributed by atoms with van der Waals surface area (Å²) in [5.74, 6) is 1.08. The third kappa shape index (κ3) is 3.19. The Labute approximate surface area is 112 Å². The van der Waals surface area contributed by atoms with Crippen LogP contribution in [0.15, 0.2) is 41.0 Å². The molecule has 88 valence electrons. The van der Waals surface area contributed by atoms with Crippen LogP contribution in [0.5, 0.6) is 11.6 Å². The van der Waals surface area contributed by atoms with Gasteiger partial charge >= 0.3 is 0 Å². The van der Waals surface area contributed by atoms with E-state index in [9.17, 15) is 0 Å². The molecule has 0 spiro atoms. The molecule has 5 heteroatoms. The molecule has 1 aromatic heterocycles. The Hall–Kier alpha value is -1.10. The van der Waals surface area contributed by atoms with Gasteiger partial charge in [0.25, 0.3) is 0 Å². The first-order valence-electron chi connectivity index (χ1n) is 4.88. The number of aliphatic hydroxyl groups excluding tert-OH is 1. The van der Waals surface area contributed by atoms with Gasteiger partial charge in [-0.25, -0.2) is 4.98 Å². The zero-order valence-electron chi connectivity index (χ0n) is 8.73. The summed E-state index contributed by atoms with van der Waals surface area (Å²) in [6, 6.07) is 9.00. The lowest BCUT2D eigenvalue weighted by molar-refractivity contribution is 0.281. The average molecular weight is 315 g/mol. The molecule has 1 N–H and O–H groups in total. The molecule has 1 aromatic carbocycles. The SMILES string of the molecule is OCc1cc(Oc2ccc(Br)cc2)ncc1Cl. The predicted octanol–water partition coefficient (Wildman–Crippen LogP) is 3.78. The summed E-state index contributed by atoms with van der Waals surface area (Å²) in [4.78, 5) is 4.03. The van der Waals surface area contributed by atoms with Crippen LogP contribution in [0.1, 0.15) is 5.56 Å². The first-order valence-corrected chi connectivity index (χ1v) is 6.05. The number of hydrogen-bond acceptors (Lipinski definition) is 3. The van der Waals surface area contributed by atoms with Crippen molar-refractivity contribution < 1.29 is 9.84 Å². The average Bonchev–Trinajstić information content (AvgIpc) is 2.34. The van der Waals surface area contributed by atoms with Crippen molar-refractivity contribution >= 4 is 27.5 Å². The summed E-state index contributed by atoms with van der Waals surface area (Å²) < 4.78 is 6.51. The van der Waals surface area contributed by atoms with E-state index in [1.807, 2.05) is 24.3 Å². The van der Waals surface area contributed by atoms with Crippen molar-refractivity contribution in [2.75, 3.05) is 0 Å². The lowest BCUT2D eigenvalue weighted by atomic mass is 10.3. The quantitative estimate of drug-likeness (QED) is 0.937. The second kappa shape index (κ2) is 5.49. The molecule has 0 unspecified atom stereocenters. The van der Waals surface area contributed by atoms with Crippen LogP contribution in [-0.4, -0.2) is 10.1 Å². The van der Waals surface area contributed by atoms with Gasteiger partial charge in [0.05, 0.1) is 11.6 Å². The summed E-state index contributed by atoms with van der Waals surface area (Å²) in [6.45, 7) is -0.141. The van der Waals surface area contributed by atoms with E-state index in [1.54, 1.807) is 6.07 Å². The first kappa shape index (κ1) is 12.4. The Morgan fingerprint density at radius 2 is 2.00 bits per heavy atom. The van der Waals surface area contributed by atoms with E-state index in [2.05, 4.69) is 20.9 Å². The number of hydrogen-bond donors (Lipinski definition) is 1. The van der Waals surface area contributed by atoms with Crippen molar-refractivity contribution in [1.82, 2.24) is 4.98 Å². The molecule has 1 heterocycles. The zero-order valence-corrected chi connectivity index (χ0v) is 11.1. The number of rotatable bonds is 3. The molecule has 0 bridgehead atoms. The third-order valence-electron chi connectivity index (χ3n) is 2.12. The van der Waals surface area contributed by atoms with Crippen molar-refractivity contribution in [1.29, 1.82) is 0 Å². The van der Waals surface area contributed by atoms with E-state index in [4.69, 9.17) is 21.4 Å². The highest BCUT2D eigenvalue weighted by Gasteiger charge is 2.04. The number of pyridine rings is 1. The Bertz CT molecular complexity index is 516. The van der Waals surface area contributed by atoms with Crippen molar-refractivity contribution in [3.05, 3.63) is 51.6 Å². The fourth-order valence-corrected chi connectivity index (χ4v) is 1.69. The Balaban J connectivity index is 2.21. The van der Waals surface area contributed by atoms with Gasteiger partial charge in [0.2, 0.25) is 5.88 Å². The second-order valence-corrected chi connectivity index (χ2v) is 4.65. The standard InChI is InChI=1S/C12H9BrClNO2/c13-9-1-3-10(4-2-9)17-12-5-8(7-16)11(14)6-15-12/h1-6,16H,7H2. The number of halogens is 2. The Morgan fingerprint density at radius 1 is 1.29 bits per heavy atom. The van der Waals surface area contributed by atoms with E-state index in [-0.39, 0.29) is 6.61 Å².